The second-order valence-electron chi connectivity index (χ2n) is 12.5. The van der Waals surface area contributed by atoms with E-state index >= 15 is 0 Å². The Kier molecular flexibility index (Phi) is 10.3. The van der Waals surface area contributed by atoms with Gasteiger partial charge in [-0.15, -0.1) is 0 Å². The summed E-state index contributed by atoms with van der Waals surface area (Å²) in [6, 6.07) is 5.12. The van der Waals surface area contributed by atoms with Crippen molar-refractivity contribution in [1.29, 1.82) is 0 Å². The maximum absolute atomic E-state index is 14.5. The van der Waals surface area contributed by atoms with Gasteiger partial charge in [-0.3, -0.25) is 19.3 Å². The lowest BCUT2D eigenvalue weighted by atomic mass is 9.87. The van der Waals surface area contributed by atoms with Crippen molar-refractivity contribution >= 4 is 35.2 Å². The standard InChI is InChI=1S/C32H41F2N5O6/c1-18(38(5)31(43)45-32(2,3)4)28(40)36-26(19-11-13-44-14-12-19)30(42)39-17-21-15-22(35)10-9-20(21)16-25(39)29(41)37-27-23(33)7-6-8-24(27)34/h6-10,15,18-19,25-26H,11-14,16-17,35H2,1-5H3,(H,36,40)(H,37,41)/t18-,25-,26?/m0/s1. The highest BCUT2D eigenvalue weighted by molar-refractivity contribution is 5.99. The van der Waals surface area contributed by atoms with Gasteiger partial charge in [0.1, 0.15) is 41.0 Å². The van der Waals surface area contributed by atoms with Crippen molar-refractivity contribution in [2.24, 2.45) is 5.92 Å². The molecular weight excluding hydrogens is 588 g/mol. The number of carbonyl (C=O) groups excluding carboxylic acids is 4. The number of ether oxygens (including phenoxy) is 2. The summed E-state index contributed by atoms with van der Waals surface area (Å²) in [5.41, 5.74) is 6.54. The van der Waals surface area contributed by atoms with Gasteiger partial charge in [0.2, 0.25) is 17.7 Å². The van der Waals surface area contributed by atoms with Crippen LogP contribution in [-0.4, -0.2) is 77.6 Å². The van der Waals surface area contributed by atoms with Crippen LogP contribution < -0.4 is 16.4 Å². The van der Waals surface area contributed by atoms with E-state index in [4.69, 9.17) is 15.2 Å². The van der Waals surface area contributed by atoms with Gasteiger partial charge in [-0.05, 0) is 81.8 Å². The third-order valence-electron chi connectivity index (χ3n) is 8.10. The predicted octanol–water partition coefficient (Wildman–Crippen LogP) is 3.61. The molecule has 2 aromatic carbocycles. The third-order valence-corrected chi connectivity index (χ3v) is 8.10. The Hall–Kier alpha value is -4.26. The lowest BCUT2D eigenvalue weighted by Gasteiger charge is -2.40. The highest BCUT2D eigenvalue weighted by atomic mass is 19.1. The summed E-state index contributed by atoms with van der Waals surface area (Å²) < 4.78 is 39.8. The molecule has 1 unspecified atom stereocenters. The third kappa shape index (κ3) is 8.07. The summed E-state index contributed by atoms with van der Waals surface area (Å²) in [5.74, 6) is -4.19. The van der Waals surface area contributed by atoms with Crippen molar-refractivity contribution in [2.75, 3.05) is 31.3 Å². The number of halogens is 2. The van der Waals surface area contributed by atoms with Crippen LogP contribution in [0.4, 0.5) is 25.0 Å². The molecule has 244 valence electrons. The maximum Gasteiger partial charge on any atom is 0.410 e. The molecule has 13 heteroatoms. The van der Waals surface area contributed by atoms with Crippen molar-refractivity contribution in [2.45, 2.75) is 77.2 Å². The zero-order valence-electron chi connectivity index (χ0n) is 26.2. The second-order valence-corrected chi connectivity index (χ2v) is 12.5. The number of carbonyl (C=O) groups is 4. The van der Waals surface area contributed by atoms with E-state index in [2.05, 4.69) is 10.6 Å². The van der Waals surface area contributed by atoms with Crippen molar-refractivity contribution in [3.63, 3.8) is 0 Å². The van der Waals surface area contributed by atoms with E-state index < -0.39 is 64.9 Å². The van der Waals surface area contributed by atoms with Gasteiger partial charge in [-0.25, -0.2) is 13.6 Å². The highest BCUT2D eigenvalue weighted by Crippen LogP contribution is 2.30. The minimum atomic E-state index is -1.16. The number of nitrogens with two attached hydrogens (primary N) is 1. The number of nitrogens with one attached hydrogen (secondary N) is 2. The Morgan fingerprint density at radius 1 is 1.07 bits per heavy atom. The number of para-hydroxylation sites is 1. The number of rotatable bonds is 7. The van der Waals surface area contributed by atoms with Crippen LogP contribution in [0.15, 0.2) is 36.4 Å². The molecule has 0 spiro atoms. The number of nitrogens with zero attached hydrogens (tertiary/aromatic N) is 2. The van der Waals surface area contributed by atoms with E-state index in [9.17, 15) is 28.0 Å². The molecule has 1 fully saturated rings. The first-order valence-corrected chi connectivity index (χ1v) is 14.9. The average Bonchev–Trinajstić information content (AvgIpc) is 2.99. The Balaban J connectivity index is 1.65. The Morgan fingerprint density at radius 3 is 2.33 bits per heavy atom. The van der Waals surface area contributed by atoms with Crippen LogP contribution in [0.3, 0.4) is 0 Å². The molecule has 2 heterocycles. The molecule has 2 aromatic rings. The molecular formula is C32H41F2N5O6. The monoisotopic (exact) mass is 629 g/mol. The van der Waals surface area contributed by atoms with Gasteiger partial charge >= 0.3 is 6.09 Å². The summed E-state index contributed by atoms with van der Waals surface area (Å²) >= 11 is 0. The Bertz CT molecular complexity index is 1420. The minimum absolute atomic E-state index is 0.0278. The van der Waals surface area contributed by atoms with E-state index in [-0.39, 0.29) is 18.9 Å². The summed E-state index contributed by atoms with van der Waals surface area (Å²) in [6.45, 7) is 7.35. The maximum atomic E-state index is 14.5. The number of amides is 4. The van der Waals surface area contributed by atoms with Gasteiger partial charge in [0.05, 0.1) is 0 Å². The molecule has 0 radical (unpaired) electrons. The molecule has 45 heavy (non-hydrogen) atoms. The van der Waals surface area contributed by atoms with Crippen LogP contribution in [-0.2, 0) is 36.8 Å². The lowest BCUT2D eigenvalue weighted by Crippen LogP contribution is -2.60. The van der Waals surface area contributed by atoms with Crippen LogP contribution in [0.25, 0.3) is 0 Å². The zero-order valence-corrected chi connectivity index (χ0v) is 26.2. The molecule has 0 bridgehead atoms. The predicted molar refractivity (Wildman–Crippen MR) is 163 cm³/mol. The van der Waals surface area contributed by atoms with E-state index in [1.165, 1.54) is 24.9 Å². The highest BCUT2D eigenvalue weighted by Gasteiger charge is 2.42. The number of hydrogen-bond donors (Lipinski definition) is 3. The van der Waals surface area contributed by atoms with Crippen LogP contribution in [0.2, 0.25) is 0 Å². The summed E-state index contributed by atoms with van der Waals surface area (Å²) in [4.78, 5) is 56.7. The smallest absolute Gasteiger partial charge is 0.410 e. The molecule has 4 N–H and O–H groups in total. The van der Waals surface area contributed by atoms with Crippen LogP contribution in [0, 0.1) is 17.6 Å². The summed E-state index contributed by atoms with van der Waals surface area (Å²) in [6.07, 6.45) is 0.264. The molecule has 4 amide bonds. The first-order chi connectivity index (χ1) is 21.2. The van der Waals surface area contributed by atoms with E-state index in [1.807, 2.05) is 0 Å². The zero-order chi connectivity index (χ0) is 33.1. The normalized spacial score (nSPS) is 18.3. The molecule has 2 aliphatic heterocycles. The van der Waals surface area contributed by atoms with Gasteiger partial charge in [0, 0.05) is 38.9 Å². The number of hydrogen-bond acceptors (Lipinski definition) is 7. The molecule has 11 nitrogen and oxygen atoms in total. The van der Waals surface area contributed by atoms with Crippen molar-refractivity contribution < 1.29 is 37.4 Å². The minimum Gasteiger partial charge on any atom is -0.444 e. The number of benzene rings is 2. The van der Waals surface area contributed by atoms with E-state index in [1.54, 1.807) is 39.0 Å². The molecule has 0 aliphatic carbocycles. The van der Waals surface area contributed by atoms with Crippen molar-refractivity contribution in [3.05, 3.63) is 59.2 Å². The number of fused-ring (bicyclic) bond motifs is 1. The first kappa shape index (κ1) is 33.6. The molecule has 2 aliphatic rings. The summed E-state index contributed by atoms with van der Waals surface area (Å²) in [7, 11) is 1.43. The van der Waals surface area contributed by atoms with Gasteiger partial charge < -0.3 is 30.7 Å². The number of likely N-dealkylation sites (N-methyl/N-ethyl adjacent to an activating group) is 1. The number of nitrogen functional groups attached to an aromatic ring is 1. The molecule has 3 atom stereocenters. The van der Waals surface area contributed by atoms with E-state index in [0.29, 0.717) is 37.3 Å². The quantitative estimate of drug-likeness (QED) is 0.397. The van der Waals surface area contributed by atoms with Gasteiger partial charge in [-0.1, -0.05) is 12.1 Å². The van der Waals surface area contributed by atoms with Gasteiger partial charge in [0.25, 0.3) is 0 Å². The fraction of sp³-hybridized carbons (Fsp3) is 0.500. The van der Waals surface area contributed by atoms with Crippen LogP contribution in [0.5, 0.6) is 0 Å². The first-order valence-electron chi connectivity index (χ1n) is 14.9. The molecule has 0 saturated carbocycles. The Morgan fingerprint density at radius 2 is 1.71 bits per heavy atom. The van der Waals surface area contributed by atoms with Crippen molar-refractivity contribution in [3.8, 4) is 0 Å². The molecule has 4 rings (SSSR count). The second kappa shape index (κ2) is 13.8. The topological polar surface area (TPSA) is 143 Å². The largest absolute Gasteiger partial charge is 0.444 e. The molecule has 0 aromatic heterocycles. The van der Waals surface area contributed by atoms with Gasteiger partial charge in [-0.2, -0.15) is 0 Å². The fourth-order valence-electron chi connectivity index (χ4n) is 5.44. The average molecular weight is 630 g/mol. The van der Waals surface area contributed by atoms with Crippen LogP contribution >= 0.6 is 0 Å². The fourth-order valence-corrected chi connectivity index (χ4v) is 5.44. The SMILES string of the molecule is C[C@@H](C(=O)NC(C(=O)N1Cc2cc(N)ccc2C[C@H]1C(=O)Nc1c(F)cccc1F)C1CCOCC1)N(C)C(=O)OC(C)(C)C. The lowest BCUT2D eigenvalue weighted by molar-refractivity contribution is -0.146. The van der Waals surface area contributed by atoms with Gasteiger partial charge in [0.15, 0.2) is 0 Å². The van der Waals surface area contributed by atoms with Crippen molar-refractivity contribution in [1.82, 2.24) is 15.1 Å². The Labute approximate surface area is 261 Å². The molecule has 1 saturated heterocycles. The number of anilines is 2. The summed E-state index contributed by atoms with van der Waals surface area (Å²) in [5, 5.41) is 5.16. The van der Waals surface area contributed by atoms with Crippen LogP contribution in [0.1, 0.15) is 51.7 Å². The van der Waals surface area contributed by atoms with E-state index in [0.717, 1.165) is 22.6 Å².